The Morgan fingerprint density at radius 3 is 2.00 bits per heavy atom. The Labute approximate surface area is 103 Å². The number of rotatable bonds is 3. The van der Waals surface area contributed by atoms with E-state index < -0.39 is 10.2 Å². The van der Waals surface area contributed by atoms with E-state index in [-0.39, 0.29) is 0 Å². The maximum Gasteiger partial charge on any atom is 0.0190 e. The van der Waals surface area contributed by atoms with E-state index in [4.69, 9.17) is 0 Å². The van der Waals surface area contributed by atoms with Crippen molar-refractivity contribution >= 4 is 10.2 Å². The van der Waals surface area contributed by atoms with Gasteiger partial charge in [0.15, 0.2) is 0 Å². The van der Waals surface area contributed by atoms with E-state index in [2.05, 4.69) is 24.4 Å². The van der Waals surface area contributed by atoms with Crippen LogP contribution >= 0.6 is 10.2 Å². The van der Waals surface area contributed by atoms with Gasteiger partial charge >= 0.3 is 0 Å². The van der Waals surface area contributed by atoms with E-state index >= 15 is 0 Å². The van der Waals surface area contributed by atoms with Crippen molar-refractivity contribution in [2.45, 2.75) is 70.9 Å². The van der Waals surface area contributed by atoms with Crippen LogP contribution < -0.4 is 0 Å². The van der Waals surface area contributed by atoms with Gasteiger partial charge in [-0.05, 0) is 57.3 Å². The SMILES string of the molecule is CC(C)N(C1CCCCC1)S1(C)CCCC1. The Morgan fingerprint density at radius 1 is 0.938 bits per heavy atom. The average molecular weight is 243 g/mol. The lowest BCUT2D eigenvalue weighted by molar-refractivity contribution is 0.233. The molecule has 1 saturated heterocycles. The van der Waals surface area contributed by atoms with Crippen LogP contribution in [-0.4, -0.2) is 34.2 Å². The van der Waals surface area contributed by atoms with E-state index in [0.29, 0.717) is 0 Å². The average Bonchev–Trinajstić information content (AvgIpc) is 2.67. The summed E-state index contributed by atoms with van der Waals surface area (Å²) in [4.78, 5) is 0. The third-order valence-electron chi connectivity index (χ3n) is 4.37. The Bertz CT molecular complexity index is 215. The molecular weight excluding hydrogens is 214 g/mol. The molecule has 1 saturated carbocycles. The summed E-state index contributed by atoms with van der Waals surface area (Å²) in [5, 5.41) is 0. The van der Waals surface area contributed by atoms with Gasteiger partial charge in [-0.15, -0.1) is 0 Å². The molecule has 0 bridgehead atoms. The summed E-state index contributed by atoms with van der Waals surface area (Å²) in [6.07, 6.45) is 13.0. The van der Waals surface area contributed by atoms with Crippen molar-refractivity contribution in [1.82, 2.24) is 4.31 Å². The van der Waals surface area contributed by atoms with Gasteiger partial charge in [0.05, 0.1) is 0 Å². The van der Waals surface area contributed by atoms with Crippen molar-refractivity contribution < 1.29 is 0 Å². The molecule has 2 rings (SSSR count). The van der Waals surface area contributed by atoms with Crippen LogP contribution in [0, 0.1) is 0 Å². The van der Waals surface area contributed by atoms with Crippen LogP contribution in [0.3, 0.4) is 0 Å². The minimum Gasteiger partial charge on any atom is -0.262 e. The summed E-state index contributed by atoms with van der Waals surface area (Å²) in [7, 11) is -0.410. The van der Waals surface area contributed by atoms with Crippen molar-refractivity contribution in [3.8, 4) is 0 Å². The molecule has 16 heavy (non-hydrogen) atoms. The van der Waals surface area contributed by atoms with Gasteiger partial charge in [0.25, 0.3) is 0 Å². The van der Waals surface area contributed by atoms with Crippen LogP contribution in [0.25, 0.3) is 0 Å². The summed E-state index contributed by atoms with van der Waals surface area (Å²) < 4.78 is 2.97. The lowest BCUT2D eigenvalue weighted by Gasteiger charge is -2.51. The van der Waals surface area contributed by atoms with Gasteiger partial charge in [0, 0.05) is 12.1 Å². The van der Waals surface area contributed by atoms with E-state index in [1.807, 2.05) is 0 Å². The highest BCUT2D eigenvalue weighted by Gasteiger charge is 2.36. The first-order valence-electron chi connectivity index (χ1n) is 7.16. The highest BCUT2D eigenvalue weighted by atomic mass is 32.3. The summed E-state index contributed by atoms with van der Waals surface area (Å²) >= 11 is 0. The van der Waals surface area contributed by atoms with E-state index in [1.165, 1.54) is 56.5 Å². The van der Waals surface area contributed by atoms with Crippen molar-refractivity contribution in [2.75, 3.05) is 17.8 Å². The predicted molar refractivity (Wildman–Crippen MR) is 76.3 cm³/mol. The van der Waals surface area contributed by atoms with Gasteiger partial charge < -0.3 is 0 Å². The molecule has 0 spiro atoms. The first-order valence-corrected chi connectivity index (χ1v) is 9.49. The first kappa shape index (κ1) is 12.8. The predicted octanol–water partition coefficient (Wildman–Crippen LogP) is 4.17. The maximum atomic E-state index is 2.97. The minimum atomic E-state index is -0.410. The summed E-state index contributed by atoms with van der Waals surface area (Å²) in [5.74, 6) is 3.03. The molecule has 1 aliphatic heterocycles. The molecule has 0 atom stereocenters. The third kappa shape index (κ3) is 2.59. The molecule has 0 aromatic rings. The zero-order valence-corrected chi connectivity index (χ0v) is 12.2. The minimum absolute atomic E-state index is 0.410. The Kier molecular flexibility index (Phi) is 4.23. The fraction of sp³-hybridized carbons (Fsp3) is 1.00. The third-order valence-corrected chi connectivity index (χ3v) is 8.44. The molecule has 96 valence electrons. The van der Waals surface area contributed by atoms with Crippen molar-refractivity contribution in [2.24, 2.45) is 0 Å². The normalized spacial score (nSPS) is 28.8. The molecule has 1 nitrogen and oxygen atoms in total. The largest absolute Gasteiger partial charge is 0.262 e. The fourth-order valence-corrected chi connectivity index (χ4v) is 7.99. The second-order valence-corrected chi connectivity index (χ2v) is 9.77. The Morgan fingerprint density at radius 2 is 1.50 bits per heavy atom. The monoisotopic (exact) mass is 243 g/mol. The first-order chi connectivity index (χ1) is 7.63. The molecule has 0 aromatic heterocycles. The van der Waals surface area contributed by atoms with Crippen molar-refractivity contribution in [3.63, 3.8) is 0 Å². The van der Waals surface area contributed by atoms with E-state index in [0.717, 1.165) is 12.1 Å². The number of hydrogen-bond acceptors (Lipinski definition) is 1. The second kappa shape index (κ2) is 5.30. The van der Waals surface area contributed by atoms with Crippen molar-refractivity contribution in [3.05, 3.63) is 0 Å². The van der Waals surface area contributed by atoms with Crippen LogP contribution in [0.5, 0.6) is 0 Å². The standard InChI is InChI=1S/C14H29NS/c1-13(2)15(14-9-5-4-6-10-14)16(3)11-7-8-12-16/h13-14H,4-12H2,1-3H3. The highest BCUT2D eigenvalue weighted by molar-refractivity contribution is 8.31. The molecule has 0 radical (unpaired) electrons. The fourth-order valence-electron chi connectivity index (χ4n) is 3.76. The number of nitrogens with zero attached hydrogens (tertiary/aromatic N) is 1. The molecule has 1 aliphatic carbocycles. The maximum absolute atomic E-state index is 2.97. The molecular formula is C14H29NS. The van der Waals surface area contributed by atoms with Gasteiger partial charge in [-0.2, -0.15) is 10.2 Å². The van der Waals surface area contributed by atoms with Crippen LogP contribution in [-0.2, 0) is 0 Å². The lowest BCUT2D eigenvalue weighted by atomic mass is 9.95. The summed E-state index contributed by atoms with van der Waals surface area (Å²) in [5.41, 5.74) is 0. The second-order valence-electron chi connectivity index (χ2n) is 6.08. The van der Waals surface area contributed by atoms with E-state index in [9.17, 15) is 0 Å². The van der Waals surface area contributed by atoms with Crippen LogP contribution in [0.2, 0.25) is 0 Å². The molecule has 0 N–H and O–H groups in total. The zero-order chi connectivity index (χ0) is 11.6. The highest BCUT2D eigenvalue weighted by Crippen LogP contribution is 2.56. The molecule has 2 fully saturated rings. The lowest BCUT2D eigenvalue weighted by Crippen LogP contribution is -2.43. The van der Waals surface area contributed by atoms with Gasteiger partial charge in [-0.3, -0.25) is 4.31 Å². The molecule has 0 amide bonds. The molecule has 0 aromatic carbocycles. The zero-order valence-electron chi connectivity index (χ0n) is 11.4. The quantitative estimate of drug-likeness (QED) is 0.719. The Balaban J connectivity index is 2.09. The molecule has 2 aliphatic rings. The Hall–Kier alpha value is 0.310. The van der Waals surface area contributed by atoms with Crippen LogP contribution in [0.15, 0.2) is 0 Å². The topological polar surface area (TPSA) is 3.24 Å². The number of hydrogen-bond donors (Lipinski definition) is 0. The van der Waals surface area contributed by atoms with Gasteiger partial charge in [-0.1, -0.05) is 19.3 Å². The van der Waals surface area contributed by atoms with Gasteiger partial charge in [0.2, 0.25) is 0 Å². The summed E-state index contributed by atoms with van der Waals surface area (Å²) in [6, 6.07) is 1.69. The van der Waals surface area contributed by atoms with Crippen LogP contribution in [0.1, 0.15) is 58.8 Å². The van der Waals surface area contributed by atoms with Crippen molar-refractivity contribution in [1.29, 1.82) is 0 Å². The smallest absolute Gasteiger partial charge is 0.0190 e. The summed E-state index contributed by atoms with van der Waals surface area (Å²) in [6.45, 7) is 4.84. The van der Waals surface area contributed by atoms with Gasteiger partial charge in [0.1, 0.15) is 0 Å². The van der Waals surface area contributed by atoms with Crippen LogP contribution in [0.4, 0.5) is 0 Å². The molecule has 1 heterocycles. The molecule has 0 unspecified atom stereocenters. The molecule has 2 heteroatoms. The van der Waals surface area contributed by atoms with Gasteiger partial charge in [-0.25, -0.2) is 0 Å². The van der Waals surface area contributed by atoms with E-state index in [1.54, 1.807) is 0 Å².